The quantitative estimate of drug-likeness (QED) is 0.781. The Morgan fingerprint density at radius 1 is 1.05 bits per heavy atom. The first kappa shape index (κ1) is 15.5. The Morgan fingerprint density at radius 3 is 2.32 bits per heavy atom. The van der Waals surface area contributed by atoms with Crippen molar-refractivity contribution >= 4 is 5.95 Å². The van der Waals surface area contributed by atoms with Gasteiger partial charge in [-0.2, -0.15) is 9.97 Å². The first-order chi connectivity index (χ1) is 9.05. The molecule has 0 amide bonds. The maximum absolute atomic E-state index is 5.72. The summed E-state index contributed by atoms with van der Waals surface area (Å²) in [5.74, 6) is 1.05. The average molecular weight is 268 g/mol. The minimum atomic E-state index is 0.0614. The predicted octanol–water partition coefficient (Wildman–Crippen LogP) is 2.52. The van der Waals surface area contributed by atoms with Crippen molar-refractivity contribution < 1.29 is 9.47 Å². The van der Waals surface area contributed by atoms with E-state index < -0.39 is 0 Å². The van der Waals surface area contributed by atoms with Crippen molar-refractivity contribution in [1.29, 1.82) is 0 Å². The van der Waals surface area contributed by atoms with Crippen molar-refractivity contribution in [1.82, 2.24) is 15.0 Å². The lowest BCUT2D eigenvalue weighted by Gasteiger charge is -2.15. The van der Waals surface area contributed by atoms with Crippen LogP contribution in [0.15, 0.2) is 0 Å². The number of rotatable bonds is 8. The van der Waals surface area contributed by atoms with E-state index in [0.29, 0.717) is 30.5 Å². The first-order valence-electron chi connectivity index (χ1n) is 6.84. The van der Waals surface area contributed by atoms with Gasteiger partial charge in [-0.25, -0.2) is 0 Å². The Kier molecular flexibility index (Phi) is 6.32. The van der Waals surface area contributed by atoms with Crippen molar-refractivity contribution in [3.63, 3.8) is 0 Å². The number of nitrogens with one attached hydrogen (secondary N) is 1. The van der Waals surface area contributed by atoms with Crippen LogP contribution in [0.25, 0.3) is 0 Å². The SMILES string of the molecule is CCNc1nc(OCC)nc(OC(C)CC(C)C)n1. The van der Waals surface area contributed by atoms with Crippen LogP contribution in [0.5, 0.6) is 12.0 Å². The summed E-state index contributed by atoms with van der Waals surface area (Å²) < 4.78 is 11.0. The molecular weight excluding hydrogens is 244 g/mol. The zero-order valence-corrected chi connectivity index (χ0v) is 12.4. The van der Waals surface area contributed by atoms with Gasteiger partial charge in [-0.05, 0) is 33.1 Å². The van der Waals surface area contributed by atoms with Gasteiger partial charge in [-0.3, -0.25) is 0 Å². The van der Waals surface area contributed by atoms with E-state index in [4.69, 9.17) is 9.47 Å². The normalized spacial score (nSPS) is 12.3. The molecule has 0 saturated carbocycles. The third-order valence-electron chi connectivity index (χ3n) is 2.31. The summed E-state index contributed by atoms with van der Waals surface area (Å²) in [4.78, 5) is 12.5. The van der Waals surface area contributed by atoms with Gasteiger partial charge in [0.25, 0.3) is 0 Å². The Balaban J connectivity index is 2.79. The fraction of sp³-hybridized carbons (Fsp3) is 0.769. The summed E-state index contributed by atoms with van der Waals surface area (Å²) in [5, 5.41) is 3.04. The van der Waals surface area contributed by atoms with E-state index in [-0.39, 0.29) is 6.10 Å². The Bertz CT molecular complexity index is 361. The Morgan fingerprint density at radius 2 is 1.74 bits per heavy atom. The van der Waals surface area contributed by atoms with E-state index in [1.807, 2.05) is 20.8 Å². The van der Waals surface area contributed by atoms with Crippen LogP contribution in [0, 0.1) is 5.92 Å². The number of hydrogen-bond acceptors (Lipinski definition) is 6. The van der Waals surface area contributed by atoms with Gasteiger partial charge in [0.1, 0.15) is 0 Å². The number of aromatic nitrogens is 3. The summed E-state index contributed by atoms with van der Waals surface area (Å²) in [7, 11) is 0. The molecule has 0 spiro atoms. The molecule has 1 N–H and O–H groups in total. The van der Waals surface area contributed by atoms with Crippen LogP contribution in [0.1, 0.15) is 41.0 Å². The van der Waals surface area contributed by atoms with E-state index in [1.54, 1.807) is 0 Å². The van der Waals surface area contributed by atoms with Crippen LogP contribution in [0.3, 0.4) is 0 Å². The van der Waals surface area contributed by atoms with E-state index in [9.17, 15) is 0 Å². The van der Waals surface area contributed by atoms with Gasteiger partial charge in [-0.1, -0.05) is 13.8 Å². The van der Waals surface area contributed by atoms with Gasteiger partial charge < -0.3 is 14.8 Å². The fourth-order valence-electron chi connectivity index (χ4n) is 1.71. The number of hydrogen-bond donors (Lipinski definition) is 1. The predicted molar refractivity (Wildman–Crippen MR) is 74.7 cm³/mol. The lowest BCUT2D eigenvalue weighted by atomic mass is 10.1. The molecule has 0 aliphatic heterocycles. The van der Waals surface area contributed by atoms with Crippen LogP contribution >= 0.6 is 0 Å². The minimum Gasteiger partial charge on any atom is -0.464 e. The molecule has 0 aliphatic rings. The van der Waals surface area contributed by atoms with Crippen LogP contribution in [-0.2, 0) is 0 Å². The second-order valence-corrected chi connectivity index (χ2v) is 4.75. The van der Waals surface area contributed by atoms with Crippen molar-refractivity contribution in [3.05, 3.63) is 0 Å². The largest absolute Gasteiger partial charge is 0.464 e. The molecule has 0 saturated heterocycles. The highest BCUT2D eigenvalue weighted by atomic mass is 16.5. The molecule has 0 fully saturated rings. The molecule has 0 bridgehead atoms. The number of ether oxygens (including phenoxy) is 2. The van der Waals surface area contributed by atoms with Crippen molar-refractivity contribution in [2.24, 2.45) is 5.92 Å². The second kappa shape index (κ2) is 7.76. The number of nitrogens with zero attached hydrogens (tertiary/aromatic N) is 3. The molecule has 1 aromatic heterocycles. The molecule has 0 aromatic carbocycles. The molecule has 108 valence electrons. The molecule has 1 rings (SSSR count). The fourth-order valence-corrected chi connectivity index (χ4v) is 1.71. The molecule has 19 heavy (non-hydrogen) atoms. The molecule has 0 aliphatic carbocycles. The smallest absolute Gasteiger partial charge is 0.324 e. The first-order valence-corrected chi connectivity index (χ1v) is 6.84. The summed E-state index contributed by atoms with van der Waals surface area (Å²) in [6, 6.07) is 0.600. The summed E-state index contributed by atoms with van der Waals surface area (Å²) in [6.45, 7) is 11.4. The molecule has 6 heteroatoms. The standard InChI is InChI=1S/C13H24N4O2/c1-6-14-11-15-12(18-7-2)17-13(16-11)19-10(5)8-9(3)4/h9-10H,6-8H2,1-5H3,(H,14,15,16,17). The lowest BCUT2D eigenvalue weighted by Crippen LogP contribution is -2.17. The van der Waals surface area contributed by atoms with E-state index in [2.05, 4.69) is 34.1 Å². The topological polar surface area (TPSA) is 69.2 Å². The summed E-state index contributed by atoms with van der Waals surface area (Å²) >= 11 is 0. The third-order valence-corrected chi connectivity index (χ3v) is 2.31. The van der Waals surface area contributed by atoms with Crippen LogP contribution in [0.4, 0.5) is 5.95 Å². The molecule has 0 radical (unpaired) electrons. The third kappa shape index (κ3) is 5.72. The monoisotopic (exact) mass is 268 g/mol. The zero-order chi connectivity index (χ0) is 14.3. The van der Waals surface area contributed by atoms with Gasteiger partial charge in [-0.15, -0.1) is 4.98 Å². The van der Waals surface area contributed by atoms with Gasteiger partial charge in [0.05, 0.1) is 12.7 Å². The molecule has 1 atom stereocenters. The molecular formula is C13H24N4O2. The highest BCUT2D eigenvalue weighted by molar-refractivity contribution is 5.27. The van der Waals surface area contributed by atoms with Crippen molar-refractivity contribution in [2.75, 3.05) is 18.5 Å². The highest BCUT2D eigenvalue weighted by Gasteiger charge is 2.12. The van der Waals surface area contributed by atoms with Crippen LogP contribution < -0.4 is 14.8 Å². The van der Waals surface area contributed by atoms with E-state index in [0.717, 1.165) is 13.0 Å². The van der Waals surface area contributed by atoms with Crippen LogP contribution in [0.2, 0.25) is 0 Å². The van der Waals surface area contributed by atoms with Gasteiger partial charge >= 0.3 is 12.0 Å². The molecule has 1 aromatic rings. The minimum absolute atomic E-state index is 0.0614. The lowest BCUT2D eigenvalue weighted by molar-refractivity contribution is 0.173. The number of anilines is 1. The van der Waals surface area contributed by atoms with Gasteiger partial charge in [0.2, 0.25) is 5.95 Å². The molecule has 6 nitrogen and oxygen atoms in total. The highest BCUT2D eigenvalue weighted by Crippen LogP contribution is 2.16. The van der Waals surface area contributed by atoms with Gasteiger partial charge in [0, 0.05) is 6.54 Å². The molecule has 1 unspecified atom stereocenters. The van der Waals surface area contributed by atoms with Gasteiger partial charge in [0.15, 0.2) is 0 Å². The zero-order valence-electron chi connectivity index (χ0n) is 12.4. The van der Waals surface area contributed by atoms with Crippen molar-refractivity contribution in [3.8, 4) is 12.0 Å². The average Bonchev–Trinajstić information content (AvgIpc) is 2.28. The van der Waals surface area contributed by atoms with Crippen molar-refractivity contribution in [2.45, 2.75) is 47.1 Å². The van der Waals surface area contributed by atoms with Crippen LogP contribution in [-0.4, -0.2) is 34.2 Å². The summed E-state index contributed by atoms with van der Waals surface area (Å²) in [6.07, 6.45) is 1.01. The Labute approximate surface area is 115 Å². The summed E-state index contributed by atoms with van der Waals surface area (Å²) in [5.41, 5.74) is 0. The molecule has 1 heterocycles. The van der Waals surface area contributed by atoms with E-state index >= 15 is 0 Å². The van der Waals surface area contributed by atoms with E-state index in [1.165, 1.54) is 0 Å². The second-order valence-electron chi connectivity index (χ2n) is 4.75. The maximum Gasteiger partial charge on any atom is 0.324 e. The Hall–Kier alpha value is -1.59. The maximum atomic E-state index is 5.72.